The second-order valence-electron chi connectivity index (χ2n) is 11.2. The van der Waals surface area contributed by atoms with Crippen molar-refractivity contribution in [1.82, 2.24) is 14.1 Å². The second kappa shape index (κ2) is 9.37. The molecule has 0 saturated heterocycles. The smallest absolute Gasteiger partial charge is 0.0534 e. The molecule has 0 saturated carbocycles. The quantitative estimate of drug-likeness (QED) is 0.226. The van der Waals surface area contributed by atoms with Crippen molar-refractivity contribution in [3.63, 3.8) is 0 Å². The van der Waals surface area contributed by atoms with E-state index in [-0.39, 0.29) is 0 Å². The molecule has 6 aromatic carbocycles. The van der Waals surface area contributed by atoms with Gasteiger partial charge in [-0.1, -0.05) is 84.9 Å². The van der Waals surface area contributed by atoms with Gasteiger partial charge in [-0.15, -0.1) is 0 Å². The molecule has 3 heterocycles. The molecule has 0 fully saturated rings. The van der Waals surface area contributed by atoms with E-state index in [1.165, 1.54) is 54.8 Å². The van der Waals surface area contributed by atoms with Crippen LogP contribution in [0.5, 0.6) is 0 Å². The summed E-state index contributed by atoms with van der Waals surface area (Å²) in [6, 6.07) is 52.1. The van der Waals surface area contributed by atoms with Crippen LogP contribution in [0.1, 0.15) is 0 Å². The predicted octanol–water partition coefficient (Wildman–Crippen LogP) is 10.5. The van der Waals surface area contributed by atoms with Crippen molar-refractivity contribution in [2.45, 2.75) is 0 Å². The molecule has 0 spiro atoms. The average molecular weight is 550 g/mol. The molecule has 202 valence electrons. The Morgan fingerprint density at radius 3 is 1.26 bits per heavy atom. The minimum atomic E-state index is 1.15. The van der Waals surface area contributed by atoms with Gasteiger partial charge in [-0.2, -0.15) is 0 Å². The van der Waals surface area contributed by atoms with E-state index in [4.69, 9.17) is 0 Å². The number of para-hydroxylation sites is 4. The minimum Gasteiger partial charge on any atom is -0.355 e. The summed E-state index contributed by atoms with van der Waals surface area (Å²) in [5, 5.41) is 4.97. The number of benzene rings is 6. The van der Waals surface area contributed by atoms with Crippen LogP contribution in [0.3, 0.4) is 0 Å². The number of fused-ring (bicyclic) bond motifs is 5. The molecule has 3 aromatic heterocycles. The Kier molecular flexibility index (Phi) is 5.20. The fraction of sp³-hybridized carbons (Fsp3) is 0. The lowest BCUT2D eigenvalue weighted by molar-refractivity contribution is 1.13. The summed E-state index contributed by atoms with van der Waals surface area (Å²) < 4.78 is 4.59. The summed E-state index contributed by atoms with van der Waals surface area (Å²) in [4.78, 5) is 3.66. The maximum absolute atomic E-state index is 3.66. The molecule has 3 heteroatoms. The zero-order valence-corrected chi connectivity index (χ0v) is 23.4. The minimum absolute atomic E-state index is 1.15. The molecule has 0 aliphatic carbocycles. The van der Waals surface area contributed by atoms with Crippen LogP contribution in [0.25, 0.3) is 77.2 Å². The maximum Gasteiger partial charge on any atom is 0.0534 e. The molecule has 43 heavy (non-hydrogen) atoms. The van der Waals surface area contributed by atoms with Crippen LogP contribution >= 0.6 is 0 Å². The number of nitrogens with zero attached hydrogens (tertiary/aromatic N) is 2. The molecule has 0 aliphatic heterocycles. The van der Waals surface area contributed by atoms with Crippen molar-refractivity contribution in [1.29, 1.82) is 0 Å². The van der Waals surface area contributed by atoms with Crippen molar-refractivity contribution >= 4 is 43.6 Å². The number of aromatic amines is 1. The Hall–Kier alpha value is -5.80. The molecule has 3 nitrogen and oxygen atoms in total. The Bertz CT molecular complexity index is 2270. The molecule has 0 radical (unpaired) electrons. The van der Waals surface area contributed by atoms with Crippen LogP contribution < -0.4 is 0 Å². The highest BCUT2D eigenvalue weighted by molar-refractivity contribution is 6.11. The average Bonchev–Trinajstić information content (AvgIpc) is 3.77. The van der Waals surface area contributed by atoms with Crippen molar-refractivity contribution < 1.29 is 0 Å². The lowest BCUT2D eigenvalue weighted by Gasteiger charge is -2.04. The molecule has 0 aliphatic rings. The van der Waals surface area contributed by atoms with E-state index >= 15 is 0 Å². The maximum atomic E-state index is 3.66. The topological polar surface area (TPSA) is 25.6 Å². The monoisotopic (exact) mass is 549 g/mol. The summed E-state index contributed by atoms with van der Waals surface area (Å²) in [7, 11) is 0. The summed E-state index contributed by atoms with van der Waals surface area (Å²) in [5.41, 5.74) is 11.9. The van der Waals surface area contributed by atoms with E-state index in [1.54, 1.807) is 0 Å². The lowest BCUT2D eigenvalue weighted by Crippen LogP contribution is -1.90. The summed E-state index contributed by atoms with van der Waals surface area (Å²) >= 11 is 0. The Labute approximate surface area is 248 Å². The molecular weight excluding hydrogens is 522 g/mol. The number of rotatable bonds is 4. The van der Waals surface area contributed by atoms with Crippen molar-refractivity contribution in [3.8, 4) is 33.6 Å². The van der Waals surface area contributed by atoms with E-state index in [9.17, 15) is 0 Å². The third-order valence-corrected chi connectivity index (χ3v) is 8.71. The van der Waals surface area contributed by atoms with Crippen LogP contribution in [0.2, 0.25) is 0 Å². The van der Waals surface area contributed by atoms with Gasteiger partial charge in [0, 0.05) is 67.5 Å². The Morgan fingerprint density at radius 2 is 0.791 bits per heavy atom. The molecule has 1 N–H and O–H groups in total. The Morgan fingerprint density at radius 1 is 0.372 bits per heavy atom. The highest BCUT2D eigenvalue weighted by Crippen LogP contribution is 2.38. The number of hydrogen-bond donors (Lipinski definition) is 1. The van der Waals surface area contributed by atoms with E-state index < -0.39 is 0 Å². The SMILES string of the molecule is c1ccc(-n2cc(-c3ccc4[nH]c5ccc(-c6cn(-c7ccccc7)c7ccccc67)cc5c4c3)c3ccccc32)cc1. The van der Waals surface area contributed by atoms with Gasteiger partial charge < -0.3 is 14.1 Å². The molecule has 0 amide bonds. The van der Waals surface area contributed by atoms with Gasteiger partial charge in [0.2, 0.25) is 0 Å². The summed E-state index contributed by atoms with van der Waals surface area (Å²) in [6.45, 7) is 0. The van der Waals surface area contributed by atoms with E-state index in [0.29, 0.717) is 0 Å². The number of hydrogen-bond acceptors (Lipinski definition) is 0. The van der Waals surface area contributed by atoms with Gasteiger partial charge in [0.05, 0.1) is 11.0 Å². The lowest BCUT2D eigenvalue weighted by atomic mass is 10.00. The largest absolute Gasteiger partial charge is 0.355 e. The summed E-state index contributed by atoms with van der Waals surface area (Å²) in [5.74, 6) is 0. The van der Waals surface area contributed by atoms with Crippen LogP contribution in [-0.4, -0.2) is 14.1 Å². The van der Waals surface area contributed by atoms with Gasteiger partial charge >= 0.3 is 0 Å². The predicted molar refractivity (Wildman–Crippen MR) is 180 cm³/mol. The number of aromatic nitrogens is 3. The molecule has 0 bridgehead atoms. The summed E-state index contributed by atoms with van der Waals surface area (Å²) in [6.07, 6.45) is 4.56. The van der Waals surface area contributed by atoms with Gasteiger partial charge in [-0.05, 0) is 71.8 Å². The van der Waals surface area contributed by atoms with Crippen LogP contribution in [0.4, 0.5) is 0 Å². The standard InChI is InChI=1S/C40H27N3/c1-3-11-29(12-4-1)42-25-35(31-15-7-9-17-39(31)42)27-19-21-37-33(23-27)34-24-28(20-22-38(34)41-37)36-26-43(30-13-5-2-6-14-30)40-18-10-8-16-32(36)40/h1-26,41H. The first-order chi connectivity index (χ1) is 21.3. The fourth-order valence-electron chi connectivity index (χ4n) is 6.66. The van der Waals surface area contributed by atoms with E-state index in [1.807, 2.05) is 0 Å². The molecule has 0 unspecified atom stereocenters. The van der Waals surface area contributed by atoms with Crippen molar-refractivity contribution in [2.75, 3.05) is 0 Å². The zero-order valence-electron chi connectivity index (χ0n) is 23.4. The Balaban J connectivity index is 1.22. The van der Waals surface area contributed by atoms with Crippen molar-refractivity contribution in [2.24, 2.45) is 0 Å². The third kappa shape index (κ3) is 3.75. The van der Waals surface area contributed by atoms with E-state index in [0.717, 1.165) is 22.4 Å². The van der Waals surface area contributed by atoms with Crippen LogP contribution in [-0.2, 0) is 0 Å². The first kappa shape index (κ1) is 23.9. The number of nitrogens with one attached hydrogen (secondary N) is 1. The van der Waals surface area contributed by atoms with Crippen molar-refractivity contribution in [3.05, 3.63) is 158 Å². The van der Waals surface area contributed by atoms with Gasteiger partial charge in [0.1, 0.15) is 0 Å². The second-order valence-corrected chi connectivity index (χ2v) is 11.2. The first-order valence-electron chi connectivity index (χ1n) is 14.7. The molecule has 9 aromatic rings. The van der Waals surface area contributed by atoms with Gasteiger partial charge in [0.15, 0.2) is 0 Å². The van der Waals surface area contributed by atoms with Gasteiger partial charge in [-0.25, -0.2) is 0 Å². The zero-order chi connectivity index (χ0) is 28.3. The highest BCUT2D eigenvalue weighted by Gasteiger charge is 2.15. The third-order valence-electron chi connectivity index (χ3n) is 8.71. The van der Waals surface area contributed by atoms with Crippen LogP contribution in [0.15, 0.2) is 158 Å². The fourth-order valence-corrected chi connectivity index (χ4v) is 6.66. The number of H-pyrrole nitrogens is 1. The van der Waals surface area contributed by atoms with Crippen LogP contribution in [0, 0.1) is 0 Å². The van der Waals surface area contributed by atoms with Gasteiger partial charge in [-0.3, -0.25) is 0 Å². The highest BCUT2D eigenvalue weighted by atomic mass is 15.0. The molecular formula is C40H27N3. The molecule has 0 atom stereocenters. The van der Waals surface area contributed by atoms with Gasteiger partial charge in [0.25, 0.3) is 0 Å². The first-order valence-corrected chi connectivity index (χ1v) is 14.7. The molecule has 9 rings (SSSR count). The van der Waals surface area contributed by atoms with E-state index in [2.05, 4.69) is 172 Å². The normalized spacial score (nSPS) is 11.7.